The first-order chi connectivity index (χ1) is 7.36. The molecule has 0 heterocycles. The molecular weight excluding hydrogens is 224 g/mol. The molecule has 0 aliphatic heterocycles. The molecule has 16 heavy (non-hydrogen) atoms. The first-order valence-corrected chi connectivity index (χ1v) is 7.11. The second-order valence-corrected chi connectivity index (χ2v) is 6.23. The molecule has 0 aliphatic rings. The number of nitrogen functional groups attached to an aromatic ring is 1. The van der Waals surface area contributed by atoms with Gasteiger partial charge in [0.15, 0.2) is 9.84 Å². The Labute approximate surface area is 96.6 Å². The van der Waals surface area contributed by atoms with E-state index in [0.717, 1.165) is 5.56 Å². The van der Waals surface area contributed by atoms with Crippen LogP contribution in [0.4, 0.5) is 5.69 Å². The van der Waals surface area contributed by atoms with Gasteiger partial charge in [-0.25, -0.2) is 8.42 Å². The highest BCUT2D eigenvalue weighted by Crippen LogP contribution is 2.22. The van der Waals surface area contributed by atoms with Crippen molar-refractivity contribution in [3.05, 3.63) is 29.8 Å². The third-order valence-corrected chi connectivity index (χ3v) is 4.40. The monoisotopic (exact) mass is 242 g/mol. The molecule has 0 saturated carbocycles. The molecule has 1 aromatic rings. The molecule has 1 aromatic carbocycles. The Morgan fingerprint density at radius 3 is 2.12 bits per heavy atom. The summed E-state index contributed by atoms with van der Waals surface area (Å²) in [6, 6.07) is 6.50. The van der Waals surface area contributed by atoms with Gasteiger partial charge in [0.25, 0.3) is 0 Å². The van der Waals surface area contributed by atoms with Crippen molar-refractivity contribution in [3.8, 4) is 0 Å². The third-order valence-electron chi connectivity index (χ3n) is 2.67. The fourth-order valence-electron chi connectivity index (χ4n) is 1.76. The summed E-state index contributed by atoms with van der Waals surface area (Å²) in [6.45, 7) is 1.82. The van der Waals surface area contributed by atoms with Crippen LogP contribution in [-0.2, 0) is 9.84 Å². The highest BCUT2D eigenvalue weighted by atomic mass is 32.2. The van der Waals surface area contributed by atoms with E-state index in [0.29, 0.717) is 12.1 Å². The average molecular weight is 242 g/mol. The minimum atomic E-state index is -3.13. The van der Waals surface area contributed by atoms with Gasteiger partial charge in [0.05, 0.1) is 5.25 Å². The Hall–Kier alpha value is -1.07. The van der Waals surface area contributed by atoms with Gasteiger partial charge in [0.1, 0.15) is 0 Å². The Bertz CT molecular complexity index is 440. The van der Waals surface area contributed by atoms with Crippen molar-refractivity contribution in [2.24, 2.45) is 5.73 Å². The molecule has 0 aliphatic carbocycles. The van der Waals surface area contributed by atoms with Gasteiger partial charge in [-0.3, -0.25) is 0 Å². The van der Waals surface area contributed by atoms with Gasteiger partial charge in [-0.2, -0.15) is 0 Å². The van der Waals surface area contributed by atoms with E-state index in [-0.39, 0.29) is 0 Å². The van der Waals surface area contributed by atoms with Crippen molar-refractivity contribution in [2.75, 3.05) is 12.0 Å². The highest BCUT2D eigenvalue weighted by Gasteiger charge is 2.26. The Morgan fingerprint density at radius 1 is 1.25 bits per heavy atom. The van der Waals surface area contributed by atoms with Crippen LogP contribution in [0.3, 0.4) is 0 Å². The molecule has 0 spiro atoms. The Balaban J connectivity index is 3.00. The molecule has 0 unspecified atom stereocenters. The summed E-state index contributed by atoms with van der Waals surface area (Å²) in [5, 5.41) is -0.545. The minimum Gasteiger partial charge on any atom is -0.399 e. The van der Waals surface area contributed by atoms with E-state index in [1.807, 2.05) is 6.92 Å². The summed E-state index contributed by atoms with van der Waals surface area (Å²) in [4.78, 5) is 0. The van der Waals surface area contributed by atoms with E-state index in [1.165, 1.54) is 6.26 Å². The van der Waals surface area contributed by atoms with Gasteiger partial charge in [-0.15, -0.1) is 0 Å². The fraction of sp³-hybridized carbons (Fsp3) is 0.455. The first kappa shape index (κ1) is 13.0. The van der Waals surface area contributed by atoms with E-state index < -0.39 is 21.1 Å². The van der Waals surface area contributed by atoms with Crippen LogP contribution < -0.4 is 11.5 Å². The van der Waals surface area contributed by atoms with Crippen LogP contribution in [0.2, 0.25) is 0 Å². The van der Waals surface area contributed by atoms with E-state index in [9.17, 15) is 8.42 Å². The van der Waals surface area contributed by atoms with Crippen LogP contribution >= 0.6 is 0 Å². The molecule has 0 radical (unpaired) electrons. The van der Waals surface area contributed by atoms with Crippen molar-refractivity contribution in [2.45, 2.75) is 24.6 Å². The van der Waals surface area contributed by atoms with Crippen molar-refractivity contribution in [1.82, 2.24) is 0 Å². The summed E-state index contributed by atoms with van der Waals surface area (Å²) < 4.78 is 23.1. The molecule has 0 bridgehead atoms. The third kappa shape index (κ3) is 2.96. The normalized spacial score (nSPS) is 15.7. The molecule has 0 aromatic heterocycles. The number of sulfone groups is 1. The maximum Gasteiger partial charge on any atom is 0.152 e. The smallest absolute Gasteiger partial charge is 0.152 e. The fourth-order valence-corrected chi connectivity index (χ4v) is 3.05. The van der Waals surface area contributed by atoms with Crippen molar-refractivity contribution in [1.29, 1.82) is 0 Å². The van der Waals surface area contributed by atoms with E-state index in [1.54, 1.807) is 24.3 Å². The quantitative estimate of drug-likeness (QED) is 0.774. The van der Waals surface area contributed by atoms with Gasteiger partial charge in [0, 0.05) is 18.0 Å². The lowest BCUT2D eigenvalue weighted by Crippen LogP contribution is -2.32. The van der Waals surface area contributed by atoms with Crippen LogP contribution in [0.1, 0.15) is 24.9 Å². The molecule has 0 amide bonds. The molecular formula is C11H18N2O2S. The van der Waals surface area contributed by atoms with Gasteiger partial charge in [0.2, 0.25) is 0 Å². The molecule has 0 fully saturated rings. The van der Waals surface area contributed by atoms with Crippen LogP contribution in [0.5, 0.6) is 0 Å². The number of anilines is 1. The second-order valence-electron chi connectivity index (χ2n) is 3.97. The zero-order chi connectivity index (χ0) is 12.3. The van der Waals surface area contributed by atoms with E-state index in [2.05, 4.69) is 0 Å². The predicted octanol–water partition coefficient (Wildman–Crippen LogP) is 1.09. The standard InChI is InChI=1S/C11H18N2O2S/c1-3-10(16(2,14)15)11(13)8-4-6-9(12)7-5-8/h4-7,10-11H,3,12-13H2,1-2H3/t10-,11-/m1/s1. The van der Waals surface area contributed by atoms with Crippen LogP contribution in [-0.4, -0.2) is 19.9 Å². The maximum absolute atomic E-state index is 11.5. The van der Waals surface area contributed by atoms with Crippen molar-refractivity contribution in [3.63, 3.8) is 0 Å². The van der Waals surface area contributed by atoms with Crippen molar-refractivity contribution >= 4 is 15.5 Å². The molecule has 5 heteroatoms. The topological polar surface area (TPSA) is 86.2 Å². The largest absolute Gasteiger partial charge is 0.399 e. The maximum atomic E-state index is 11.5. The van der Waals surface area contributed by atoms with Crippen molar-refractivity contribution < 1.29 is 8.42 Å². The van der Waals surface area contributed by atoms with Gasteiger partial charge in [-0.05, 0) is 24.1 Å². The van der Waals surface area contributed by atoms with Gasteiger partial charge in [-0.1, -0.05) is 19.1 Å². The van der Waals surface area contributed by atoms with E-state index >= 15 is 0 Å². The SMILES string of the molecule is CC[C@H]([C@H](N)c1ccc(N)cc1)S(C)(=O)=O. The number of nitrogens with two attached hydrogens (primary N) is 2. The summed E-state index contributed by atoms with van der Waals surface area (Å²) in [6.07, 6.45) is 1.72. The average Bonchev–Trinajstić information content (AvgIpc) is 2.17. The summed E-state index contributed by atoms with van der Waals surface area (Å²) in [5.74, 6) is 0. The number of benzene rings is 1. The molecule has 90 valence electrons. The summed E-state index contributed by atoms with van der Waals surface area (Å²) in [7, 11) is -3.13. The molecule has 4 N–H and O–H groups in total. The van der Waals surface area contributed by atoms with Crippen LogP contribution in [0.15, 0.2) is 24.3 Å². The number of hydrogen-bond acceptors (Lipinski definition) is 4. The molecule has 1 rings (SSSR count). The highest BCUT2D eigenvalue weighted by molar-refractivity contribution is 7.91. The number of hydrogen-bond donors (Lipinski definition) is 2. The van der Waals surface area contributed by atoms with Gasteiger partial charge < -0.3 is 11.5 Å². The summed E-state index contributed by atoms with van der Waals surface area (Å²) >= 11 is 0. The zero-order valence-electron chi connectivity index (χ0n) is 9.55. The lowest BCUT2D eigenvalue weighted by atomic mass is 10.0. The van der Waals surface area contributed by atoms with Crippen LogP contribution in [0, 0.1) is 0 Å². The molecule has 4 nitrogen and oxygen atoms in total. The molecule has 0 saturated heterocycles. The lowest BCUT2D eigenvalue weighted by molar-refractivity contribution is 0.553. The zero-order valence-corrected chi connectivity index (χ0v) is 10.4. The summed E-state index contributed by atoms with van der Waals surface area (Å²) in [5.41, 5.74) is 13.0. The second kappa shape index (κ2) is 4.84. The predicted molar refractivity (Wildman–Crippen MR) is 66.7 cm³/mol. The Morgan fingerprint density at radius 2 is 1.75 bits per heavy atom. The molecule has 2 atom stereocenters. The van der Waals surface area contributed by atoms with Crippen LogP contribution in [0.25, 0.3) is 0 Å². The van der Waals surface area contributed by atoms with Gasteiger partial charge >= 0.3 is 0 Å². The van der Waals surface area contributed by atoms with E-state index in [4.69, 9.17) is 11.5 Å². The minimum absolute atomic E-state index is 0.499. The Kier molecular flexibility index (Phi) is 3.93. The number of rotatable bonds is 4. The lowest BCUT2D eigenvalue weighted by Gasteiger charge is -2.21. The first-order valence-electron chi connectivity index (χ1n) is 5.16.